The normalized spacial score (nSPS) is 20.7. The zero-order valence-electron chi connectivity index (χ0n) is 13.0. The highest BCUT2D eigenvalue weighted by Crippen LogP contribution is 2.39. The van der Waals surface area contributed by atoms with Crippen molar-refractivity contribution in [2.24, 2.45) is 5.84 Å². The Kier molecular flexibility index (Phi) is 4.58. The van der Waals surface area contributed by atoms with E-state index < -0.39 is 0 Å². The van der Waals surface area contributed by atoms with Crippen LogP contribution in [0.15, 0.2) is 0 Å². The summed E-state index contributed by atoms with van der Waals surface area (Å²) in [6, 6.07) is 0.538. The second-order valence-electron chi connectivity index (χ2n) is 6.51. The topological polar surface area (TPSA) is 75.9 Å². The largest absolute Gasteiger partial charge is 0.367 e. The molecule has 0 amide bonds. The lowest BCUT2D eigenvalue weighted by atomic mass is 9.96. The first-order chi connectivity index (χ1) is 10.3. The molecule has 0 radical (unpaired) electrons. The van der Waals surface area contributed by atoms with E-state index in [1.807, 2.05) is 6.92 Å². The molecule has 5 heteroatoms. The fourth-order valence-electron chi connectivity index (χ4n) is 3.13. The Balaban J connectivity index is 1.77. The van der Waals surface area contributed by atoms with Gasteiger partial charge in [0.05, 0.1) is 0 Å². The van der Waals surface area contributed by atoms with E-state index in [2.05, 4.69) is 15.7 Å². The number of nitrogen functional groups attached to an aromatic ring is 1. The average molecular weight is 289 g/mol. The van der Waals surface area contributed by atoms with E-state index in [0.717, 1.165) is 23.0 Å². The molecule has 0 bridgehead atoms. The minimum Gasteiger partial charge on any atom is -0.367 e. The molecule has 0 aromatic carbocycles. The van der Waals surface area contributed by atoms with Gasteiger partial charge in [0, 0.05) is 17.5 Å². The molecule has 5 nitrogen and oxygen atoms in total. The second kappa shape index (κ2) is 6.60. The number of nitrogens with two attached hydrogens (primary N) is 1. The molecule has 21 heavy (non-hydrogen) atoms. The number of aromatic nitrogens is 2. The number of nitrogens with zero attached hydrogens (tertiary/aromatic N) is 2. The number of rotatable bonds is 4. The molecule has 1 heterocycles. The molecule has 0 unspecified atom stereocenters. The molecule has 1 aromatic rings. The zero-order chi connectivity index (χ0) is 14.7. The van der Waals surface area contributed by atoms with Crippen molar-refractivity contribution in [1.82, 2.24) is 9.97 Å². The summed E-state index contributed by atoms with van der Waals surface area (Å²) in [7, 11) is 0. The zero-order valence-corrected chi connectivity index (χ0v) is 13.0. The summed E-state index contributed by atoms with van der Waals surface area (Å²) in [6.45, 7) is 2.04. The molecule has 0 aliphatic heterocycles. The van der Waals surface area contributed by atoms with Crippen molar-refractivity contribution >= 4 is 11.6 Å². The third-order valence-corrected chi connectivity index (χ3v) is 4.69. The van der Waals surface area contributed by atoms with Crippen molar-refractivity contribution in [3.8, 4) is 0 Å². The number of hydrazine groups is 1. The highest BCUT2D eigenvalue weighted by molar-refractivity contribution is 5.57. The Morgan fingerprint density at radius 3 is 2.14 bits per heavy atom. The van der Waals surface area contributed by atoms with Crippen LogP contribution in [0, 0.1) is 6.92 Å². The summed E-state index contributed by atoms with van der Waals surface area (Å²) >= 11 is 0. The number of hydrogen-bond donors (Lipinski definition) is 3. The van der Waals surface area contributed by atoms with Crippen molar-refractivity contribution in [1.29, 1.82) is 0 Å². The Morgan fingerprint density at radius 1 is 0.905 bits per heavy atom. The van der Waals surface area contributed by atoms with Gasteiger partial charge in [-0.15, -0.1) is 0 Å². The summed E-state index contributed by atoms with van der Waals surface area (Å²) in [6.07, 6.45) is 11.7. The van der Waals surface area contributed by atoms with Crippen LogP contribution in [-0.2, 0) is 0 Å². The SMILES string of the molecule is Cc1c(NN)nc(C2CC2)nc1NC1CCCCCCC1. The van der Waals surface area contributed by atoms with Gasteiger partial charge in [0.25, 0.3) is 0 Å². The lowest BCUT2D eigenvalue weighted by Crippen LogP contribution is -2.23. The van der Waals surface area contributed by atoms with Crippen molar-refractivity contribution in [2.45, 2.75) is 76.7 Å². The van der Waals surface area contributed by atoms with Crippen molar-refractivity contribution < 1.29 is 0 Å². The predicted octanol–water partition coefficient (Wildman–Crippen LogP) is 3.47. The summed E-state index contributed by atoms with van der Waals surface area (Å²) < 4.78 is 0. The first-order valence-electron chi connectivity index (χ1n) is 8.39. The van der Waals surface area contributed by atoms with Crippen LogP contribution in [0.5, 0.6) is 0 Å². The van der Waals surface area contributed by atoms with E-state index >= 15 is 0 Å². The minimum absolute atomic E-state index is 0.538. The number of hydrogen-bond acceptors (Lipinski definition) is 5. The fraction of sp³-hybridized carbons (Fsp3) is 0.750. The van der Waals surface area contributed by atoms with Crippen molar-refractivity contribution in [2.75, 3.05) is 10.7 Å². The average Bonchev–Trinajstić information content (AvgIpc) is 3.28. The van der Waals surface area contributed by atoms with E-state index in [4.69, 9.17) is 10.8 Å². The van der Waals surface area contributed by atoms with Crippen LogP contribution in [0.25, 0.3) is 0 Å². The van der Waals surface area contributed by atoms with Gasteiger partial charge in [-0.2, -0.15) is 0 Å². The number of anilines is 2. The van der Waals surface area contributed by atoms with Gasteiger partial charge in [0.15, 0.2) is 0 Å². The molecule has 2 fully saturated rings. The molecule has 1 aromatic heterocycles. The standard InChI is InChI=1S/C16H27N5/c1-11-14(18-13-7-5-3-2-4-6-8-13)19-16(12-9-10-12)20-15(11)21-17/h12-13H,2-10,17H2,1H3,(H2,18,19,20,21). The summed E-state index contributed by atoms with van der Waals surface area (Å²) in [5, 5.41) is 3.67. The first kappa shape index (κ1) is 14.6. The molecular formula is C16H27N5. The minimum atomic E-state index is 0.538. The molecule has 2 aliphatic carbocycles. The van der Waals surface area contributed by atoms with Crippen LogP contribution in [0.1, 0.15) is 75.1 Å². The molecule has 2 aliphatic rings. The van der Waals surface area contributed by atoms with E-state index in [1.54, 1.807) is 0 Å². The predicted molar refractivity (Wildman–Crippen MR) is 86.3 cm³/mol. The third kappa shape index (κ3) is 3.64. The molecule has 0 atom stereocenters. The van der Waals surface area contributed by atoms with E-state index in [1.165, 1.54) is 57.8 Å². The fourth-order valence-corrected chi connectivity index (χ4v) is 3.13. The Morgan fingerprint density at radius 2 is 1.52 bits per heavy atom. The van der Waals surface area contributed by atoms with Crippen LogP contribution in [0.4, 0.5) is 11.6 Å². The van der Waals surface area contributed by atoms with Crippen molar-refractivity contribution in [3.63, 3.8) is 0 Å². The first-order valence-corrected chi connectivity index (χ1v) is 8.39. The maximum atomic E-state index is 5.62. The van der Waals surface area contributed by atoms with Gasteiger partial charge in [-0.05, 0) is 32.6 Å². The van der Waals surface area contributed by atoms with Gasteiger partial charge in [-0.3, -0.25) is 0 Å². The van der Waals surface area contributed by atoms with Crippen molar-refractivity contribution in [3.05, 3.63) is 11.4 Å². The van der Waals surface area contributed by atoms with Gasteiger partial charge in [-0.1, -0.05) is 32.1 Å². The maximum absolute atomic E-state index is 5.62. The molecule has 0 spiro atoms. The Bertz CT molecular complexity index is 476. The van der Waals surface area contributed by atoms with E-state index in [-0.39, 0.29) is 0 Å². The molecule has 4 N–H and O–H groups in total. The highest BCUT2D eigenvalue weighted by Gasteiger charge is 2.28. The van der Waals surface area contributed by atoms with Crippen LogP contribution >= 0.6 is 0 Å². The quantitative estimate of drug-likeness (QED) is 0.584. The van der Waals surface area contributed by atoms with E-state index in [9.17, 15) is 0 Å². The lowest BCUT2D eigenvalue weighted by molar-refractivity contribution is 0.470. The number of nitrogens with one attached hydrogen (secondary N) is 2. The highest BCUT2D eigenvalue weighted by atomic mass is 15.3. The maximum Gasteiger partial charge on any atom is 0.148 e. The van der Waals surface area contributed by atoms with Gasteiger partial charge >= 0.3 is 0 Å². The summed E-state index contributed by atoms with van der Waals surface area (Å²) in [4.78, 5) is 9.33. The molecule has 116 valence electrons. The Labute approximate surface area is 127 Å². The molecule has 3 rings (SSSR count). The lowest BCUT2D eigenvalue weighted by Gasteiger charge is -2.23. The third-order valence-electron chi connectivity index (χ3n) is 4.69. The summed E-state index contributed by atoms with van der Waals surface area (Å²) in [5.41, 5.74) is 3.76. The van der Waals surface area contributed by atoms with Crippen LogP contribution in [-0.4, -0.2) is 16.0 Å². The molecular weight excluding hydrogens is 262 g/mol. The molecule has 0 saturated heterocycles. The molecule has 2 saturated carbocycles. The summed E-state index contributed by atoms with van der Waals surface area (Å²) in [5.74, 6) is 8.84. The van der Waals surface area contributed by atoms with Crippen LogP contribution in [0.3, 0.4) is 0 Å². The van der Waals surface area contributed by atoms with Gasteiger partial charge < -0.3 is 10.7 Å². The van der Waals surface area contributed by atoms with Gasteiger partial charge in [0.1, 0.15) is 17.5 Å². The van der Waals surface area contributed by atoms with Gasteiger partial charge in [-0.25, -0.2) is 15.8 Å². The van der Waals surface area contributed by atoms with Gasteiger partial charge in [0.2, 0.25) is 0 Å². The van der Waals surface area contributed by atoms with Crippen LogP contribution < -0.4 is 16.6 Å². The second-order valence-corrected chi connectivity index (χ2v) is 6.51. The van der Waals surface area contributed by atoms with Crippen LogP contribution in [0.2, 0.25) is 0 Å². The Hall–Kier alpha value is -1.36. The van der Waals surface area contributed by atoms with E-state index in [0.29, 0.717) is 12.0 Å². The monoisotopic (exact) mass is 289 g/mol. The smallest absolute Gasteiger partial charge is 0.148 e.